The summed E-state index contributed by atoms with van der Waals surface area (Å²) in [5.74, 6) is 0.263. The zero-order chi connectivity index (χ0) is 19.9. The highest BCUT2D eigenvalue weighted by atomic mass is 79.9. The smallest absolute Gasteiger partial charge is 0.344 e. The van der Waals surface area contributed by atoms with E-state index in [2.05, 4.69) is 15.9 Å². The fourth-order valence-electron chi connectivity index (χ4n) is 2.03. The fraction of sp³-hybridized carbons (Fsp3) is 0.300. The Morgan fingerprint density at radius 3 is 2.30 bits per heavy atom. The standard InChI is InChI=1S/C20H20BrClO5/c1-20(2,13-26-17(23)12-25-15-6-4-3-5-7-15)18(24)19(21)27-16-10-8-14(22)9-11-16/h3-11,19H,12-13H2,1-2H3. The molecule has 1 unspecified atom stereocenters. The molecule has 0 spiro atoms. The number of rotatable bonds is 9. The molecular formula is C20H20BrClO5. The van der Waals surface area contributed by atoms with Gasteiger partial charge in [0.05, 0.1) is 5.41 Å². The molecule has 7 heteroatoms. The Labute approximate surface area is 171 Å². The summed E-state index contributed by atoms with van der Waals surface area (Å²) in [4.78, 5) is 24.5. The third-order valence-electron chi connectivity index (χ3n) is 3.62. The van der Waals surface area contributed by atoms with Gasteiger partial charge in [0, 0.05) is 5.02 Å². The maximum atomic E-state index is 12.6. The average molecular weight is 456 g/mol. The highest BCUT2D eigenvalue weighted by molar-refractivity contribution is 9.09. The van der Waals surface area contributed by atoms with E-state index in [4.69, 9.17) is 25.8 Å². The number of ketones is 1. The first kappa shape index (κ1) is 21.3. The number of para-hydroxylation sites is 1. The van der Waals surface area contributed by atoms with Gasteiger partial charge >= 0.3 is 5.97 Å². The molecule has 5 nitrogen and oxygen atoms in total. The van der Waals surface area contributed by atoms with Crippen LogP contribution in [0, 0.1) is 5.41 Å². The lowest BCUT2D eigenvalue weighted by Crippen LogP contribution is -2.39. The number of alkyl halides is 1. The van der Waals surface area contributed by atoms with Crippen LogP contribution in [0.15, 0.2) is 54.6 Å². The lowest BCUT2D eigenvalue weighted by molar-refractivity contribution is -0.151. The van der Waals surface area contributed by atoms with Crippen LogP contribution in [0.5, 0.6) is 11.5 Å². The van der Waals surface area contributed by atoms with E-state index in [1.165, 1.54) is 0 Å². The van der Waals surface area contributed by atoms with Crippen LogP contribution in [0.4, 0.5) is 0 Å². The lowest BCUT2D eigenvalue weighted by Gasteiger charge is -2.25. The van der Waals surface area contributed by atoms with Crippen LogP contribution in [0.2, 0.25) is 5.02 Å². The number of hydrogen-bond donors (Lipinski definition) is 0. The average Bonchev–Trinajstić information content (AvgIpc) is 2.66. The van der Waals surface area contributed by atoms with Crippen molar-refractivity contribution in [1.29, 1.82) is 0 Å². The van der Waals surface area contributed by atoms with Crippen molar-refractivity contribution in [2.45, 2.75) is 18.9 Å². The Kier molecular flexibility index (Phi) is 7.68. The van der Waals surface area contributed by atoms with Crippen LogP contribution in [-0.2, 0) is 14.3 Å². The Morgan fingerprint density at radius 1 is 1.04 bits per heavy atom. The first-order valence-electron chi connectivity index (χ1n) is 8.22. The topological polar surface area (TPSA) is 61.8 Å². The second-order valence-electron chi connectivity index (χ2n) is 6.40. The molecule has 0 heterocycles. The van der Waals surface area contributed by atoms with Gasteiger partial charge < -0.3 is 14.2 Å². The first-order chi connectivity index (χ1) is 12.8. The van der Waals surface area contributed by atoms with Crippen molar-refractivity contribution in [3.8, 4) is 11.5 Å². The molecule has 0 N–H and O–H groups in total. The number of hydrogen-bond acceptors (Lipinski definition) is 5. The molecule has 0 amide bonds. The van der Waals surface area contributed by atoms with E-state index in [9.17, 15) is 9.59 Å². The summed E-state index contributed by atoms with van der Waals surface area (Å²) < 4.78 is 16.1. The minimum absolute atomic E-state index is 0.0884. The summed E-state index contributed by atoms with van der Waals surface area (Å²) in [5.41, 5.74) is -0.941. The summed E-state index contributed by atoms with van der Waals surface area (Å²) >= 11 is 9.06. The van der Waals surface area contributed by atoms with Crippen LogP contribution < -0.4 is 9.47 Å². The van der Waals surface area contributed by atoms with Crippen molar-refractivity contribution in [2.24, 2.45) is 5.41 Å². The minimum Gasteiger partial charge on any atom is -0.482 e. The third kappa shape index (κ3) is 6.88. The first-order valence-corrected chi connectivity index (χ1v) is 9.51. The second-order valence-corrected chi connectivity index (χ2v) is 7.67. The summed E-state index contributed by atoms with van der Waals surface area (Å²) in [6.45, 7) is 3.04. The molecule has 0 saturated heterocycles. The van der Waals surface area contributed by atoms with E-state index in [1.807, 2.05) is 6.07 Å². The fourth-order valence-corrected chi connectivity index (χ4v) is 2.99. The normalized spacial score (nSPS) is 12.1. The van der Waals surface area contributed by atoms with E-state index in [0.29, 0.717) is 16.5 Å². The number of carbonyl (C=O) groups is 2. The zero-order valence-corrected chi connectivity index (χ0v) is 17.3. The summed E-state index contributed by atoms with van der Waals surface area (Å²) in [6, 6.07) is 15.6. The van der Waals surface area contributed by atoms with Crippen LogP contribution >= 0.6 is 27.5 Å². The molecule has 0 bridgehead atoms. The maximum Gasteiger partial charge on any atom is 0.344 e. The van der Waals surface area contributed by atoms with Crippen molar-refractivity contribution in [3.63, 3.8) is 0 Å². The van der Waals surface area contributed by atoms with Gasteiger partial charge in [0.25, 0.3) is 0 Å². The number of benzene rings is 2. The zero-order valence-electron chi connectivity index (χ0n) is 15.0. The van der Waals surface area contributed by atoms with E-state index in [-0.39, 0.29) is 19.0 Å². The Morgan fingerprint density at radius 2 is 1.67 bits per heavy atom. The molecule has 0 aromatic heterocycles. The Hall–Kier alpha value is -2.05. The van der Waals surface area contributed by atoms with Gasteiger partial charge in [0.1, 0.15) is 18.1 Å². The van der Waals surface area contributed by atoms with Crippen LogP contribution in [-0.4, -0.2) is 30.0 Å². The van der Waals surface area contributed by atoms with Crippen LogP contribution in [0.1, 0.15) is 13.8 Å². The van der Waals surface area contributed by atoms with E-state index < -0.39 is 16.4 Å². The molecule has 0 fully saturated rings. The number of Topliss-reactive ketones (excluding diaryl/α,β-unsaturated/α-hetero) is 1. The molecule has 2 rings (SSSR count). The Balaban J connectivity index is 1.82. The summed E-state index contributed by atoms with van der Waals surface area (Å²) in [7, 11) is 0. The quantitative estimate of drug-likeness (QED) is 0.407. The molecule has 144 valence electrons. The van der Waals surface area contributed by atoms with Crippen molar-refractivity contribution in [3.05, 3.63) is 59.6 Å². The van der Waals surface area contributed by atoms with Gasteiger partial charge in [-0.3, -0.25) is 4.79 Å². The molecule has 0 saturated carbocycles. The molecule has 0 aliphatic heterocycles. The number of ether oxygens (including phenoxy) is 3. The molecule has 0 aliphatic rings. The van der Waals surface area contributed by atoms with Crippen molar-refractivity contribution in [1.82, 2.24) is 0 Å². The van der Waals surface area contributed by atoms with Gasteiger partial charge in [0.15, 0.2) is 12.4 Å². The molecule has 0 aliphatic carbocycles. The van der Waals surface area contributed by atoms with Gasteiger partial charge in [-0.25, -0.2) is 4.79 Å². The van der Waals surface area contributed by atoms with Crippen molar-refractivity contribution < 1.29 is 23.8 Å². The SMILES string of the molecule is CC(C)(COC(=O)COc1ccccc1)C(=O)C(Br)Oc1ccc(Cl)cc1. The van der Waals surface area contributed by atoms with Gasteiger partial charge in [-0.15, -0.1) is 0 Å². The lowest BCUT2D eigenvalue weighted by atomic mass is 9.89. The number of esters is 1. The molecule has 2 aromatic carbocycles. The summed E-state index contributed by atoms with van der Waals surface area (Å²) in [6.07, 6.45) is 0. The monoisotopic (exact) mass is 454 g/mol. The van der Waals surface area contributed by atoms with Crippen molar-refractivity contribution >= 4 is 39.3 Å². The highest BCUT2D eigenvalue weighted by Crippen LogP contribution is 2.26. The molecule has 0 radical (unpaired) electrons. The second kappa shape index (κ2) is 9.76. The molecule has 27 heavy (non-hydrogen) atoms. The minimum atomic E-state index is -0.941. The van der Waals surface area contributed by atoms with Gasteiger partial charge in [-0.2, -0.15) is 0 Å². The molecular weight excluding hydrogens is 436 g/mol. The van der Waals surface area contributed by atoms with Gasteiger partial charge in [0.2, 0.25) is 5.01 Å². The highest BCUT2D eigenvalue weighted by Gasteiger charge is 2.35. The van der Waals surface area contributed by atoms with Gasteiger partial charge in [-0.1, -0.05) is 29.8 Å². The van der Waals surface area contributed by atoms with Gasteiger partial charge in [-0.05, 0) is 66.2 Å². The number of carbonyl (C=O) groups excluding carboxylic acids is 2. The van der Waals surface area contributed by atoms with Crippen LogP contribution in [0.25, 0.3) is 0 Å². The predicted octanol–water partition coefficient (Wildman–Crippen LogP) is 4.66. The maximum absolute atomic E-state index is 12.6. The Bertz CT molecular complexity index is 762. The van der Waals surface area contributed by atoms with Crippen molar-refractivity contribution in [2.75, 3.05) is 13.2 Å². The van der Waals surface area contributed by atoms with Crippen LogP contribution in [0.3, 0.4) is 0 Å². The van der Waals surface area contributed by atoms with E-state index in [0.717, 1.165) is 0 Å². The van der Waals surface area contributed by atoms with E-state index in [1.54, 1.807) is 62.4 Å². The largest absolute Gasteiger partial charge is 0.482 e. The number of halogens is 2. The molecule has 2 aromatic rings. The third-order valence-corrected chi connectivity index (χ3v) is 4.47. The molecule has 1 atom stereocenters. The van der Waals surface area contributed by atoms with E-state index >= 15 is 0 Å². The predicted molar refractivity (Wildman–Crippen MR) is 106 cm³/mol. The summed E-state index contributed by atoms with van der Waals surface area (Å²) in [5, 5.41) is -0.308.